The van der Waals surface area contributed by atoms with Gasteiger partial charge >= 0.3 is 6.18 Å². The molecule has 0 saturated heterocycles. The molecule has 0 aliphatic heterocycles. The van der Waals surface area contributed by atoms with Crippen LogP contribution in [0.2, 0.25) is 0 Å². The molecule has 1 N–H and O–H groups in total. The van der Waals surface area contributed by atoms with Crippen LogP contribution < -0.4 is 0 Å². The van der Waals surface area contributed by atoms with Crippen LogP contribution in [0, 0.1) is 11.3 Å². The van der Waals surface area contributed by atoms with Gasteiger partial charge in [0.05, 0.1) is 17.2 Å². The van der Waals surface area contributed by atoms with E-state index in [9.17, 15) is 31.4 Å². The molecular weight excluding hydrogens is 362 g/mol. The van der Waals surface area contributed by atoms with Gasteiger partial charge in [-0.05, 0) is 31.0 Å². The summed E-state index contributed by atoms with van der Waals surface area (Å²) in [6.45, 7) is 0. The molecule has 0 saturated carbocycles. The van der Waals surface area contributed by atoms with Crippen molar-refractivity contribution in [1.82, 2.24) is 4.57 Å². The number of hydrogen-bond acceptors (Lipinski definition) is 2. The van der Waals surface area contributed by atoms with Crippen LogP contribution in [0.1, 0.15) is 46.9 Å². The normalized spacial score (nSPS) is 20.1. The lowest BCUT2D eigenvalue weighted by Crippen LogP contribution is -2.24. The standard InChI is InChI=1S/C17H12F6N2O/c18-12-3-4-13-14(15(12)26)11(17(21,22)23)7-25(13)9-2-1-8(6-24)10(5-9)16(19)20/h1-2,5,7,12,15-16,26H,3-4H2. The number of rotatable bonds is 2. The van der Waals surface area contributed by atoms with Gasteiger partial charge in [-0.1, -0.05) is 0 Å². The smallest absolute Gasteiger partial charge is 0.385 e. The van der Waals surface area contributed by atoms with Crippen molar-refractivity contribution >= 4 is 0 Å². The van der Waals surface area contributed by atoms with Crippen molar-refractivity contribution < 1.29 is 31.4 Å². The van der Waals surface area contributed by atoms with Crippen LogP contribution in [0.15, 0.2) is 24.4 Å². The van der Waals surface area contributed by atoms with Gasteiger partial charge in [-0.25, -0.2) is 13.2 Å². The topological polar surface area (TPSA) is 49.0 Å². The van der Waals surface area contributed by atoms with Crippen LogP contribution in [0.25, 0.3) is 5.69 Å². The Labute approximate surface area is 144 Å². The molecule has 138 valence electrons. The van der Waals surface area contributed by atoms with E-state index < -0.39 is 41.6 Å². The maximum atomic E-state index is 13.7. The number of halogens is 6. The summed E-state index contributed by atoms with van der Waals surface area (Å²) in [4.78, 5) is 0. The third-order valence-corrected chi connectivity index (χ3v) is 4.42. The highest BCUT2D eigenvalue weighted by Gasteiger charge is 2.43. The summed E-state index contributed by atoms with van der Waals surface area (Å²) in [7, 11) is 0. The SMILES string of the molecule is N#Cc1ccc(-n2cc(C(F)(F)F)c3c2CCC(F)C3O)cc1C(F)F. The lowest BCUT2D eigenvalue weighted by molar-refractivity contribution is -0.139. The highest BCUT2D eigenvalue weighted by molar-refractivity contribution is 5.51. The number of aliphatic hydroxyl groups is 1. The number of nitriles is 1. The molecule has 2 unspecified atom stereocenters. The largest absolute Gasteiger partial charge is 0.418 e. The third-order valence-electron chi connectivity index (χ3n) is 4.42. The zero-order chi connectivity index (χ0) is 19.2. The Morgan fingerprint density at radius 3 is 2.54 bits per heavy atom. The number of fused-ring (bicyclic) bond motifs is 1. The quantitative estimate of drug-likeness (QED) is 0.780. The van der Waals surface area contributed by atoms with E-state index in [4.69, 9.17) is 5.26 Å². The highest BCUT2D eigenvalue weighted by atomic mass is 19.4. The van der Waals surface area contributed by atoms with Crippen molar-refractivity contribution in [3.05, 3.63) is 52.3 Å². The Morgan fingerprint density at radius 2 is 1.96 bits per heavy atom. The van der Waals surface area contributed by atoms with Gasteiger partial charge in [0, 0.05) is 28.7 Å². The van der Waals surface area contributed by atoms with E-state index in [0.29, 0.717) is 6.20 Å². The average molecular weight is 374 g/mol. The molecule has 1 aliphatic rings. The molecule has 1 heterocycles. The molecule has 0 radical (unpaired) electrons. The maximum Gasteiger partial charge on any atom is 0.418 e. The Bertz CT molecular complexity index is 881. The average Bonchev–Trinajstić information content (AvgIpc) is 2.98. The van der Waals surface area contributed by atoms with Crippen molar-refractivity contribution in [2.24, 2.45) is 0 Å². The second kappa shape index (κ2) is 6.36. The van der Waals surface area contributed by atoms with E-state index in [1.807, 2.05) is 0 Å². The Hall–Kier alpha value is -2.47. The van der Waals surface area contributed by atoms with Crippen molar-refractivity contribution in [2.45, 2.75) is 37.7 Å². The zero-order valence-electron chi connectivity index (χ0n) is 13.1. The van der Waals surface area contributed by atoms with Crippen LogP contribution >= 0.6 is 0 Å². The van der Waals surface area contributed by atoms with Crippen LogP contribution in [0.4, 0.5) is 26.3 Å². The molecule has 3 nitrogen and oxygen atoms in total. The number of aliphatic hydroxyl groups excluding tert-OH is 1. The number of nitrogens with zero attached hydrogens (tertiary/aromatic N) is 2. The molecule has 0 bridgehead atoms. The van der Waals surface area contributed by atoms with E-state index in [2.05, 4.69) is 0 Å². The second-order valence-corrected chi connectivity index (χ2v) is 5.95. The molecule has 0 fully saturated rings. The molecule has 9 heteroatoms. The number of alkyl halides is 6. The fraction of sp³-hybridized carbons (Fsp3) is 0.353. The summed E-state index contributed by atoms with van der Waals surface area (Å²) in [5, 5.41) is 18.8. The first kappa shape index (κ1) is 18.3. The molecular formula is C17H12F6N2O. The van der Waals surface area contributed by atoms with E-state index in [-0.39, 0.29) is 29.8 Å². The molecule has 0 spiro atoms. The highest BCUT2D eigenvalue weighted by Crippen LogP contribution is 2.43. The van der Waals surface area contributed by atoms with Gasteiger partial charge in [0.1, 0.15) is 12.3 Å². The number of benzene rings is 1. The molecule has 1 aromatic heterocycles. The minimum absolute atomic E-state index is 0.0173. The van der Waals surface area contributed by atoms with Crippen molar-refractivity contribution in [1.29, 1.82) is 5.26 Å². The van der Waals surface area contributed by atoms with Crippen LogP contribution in [0.3, 0.4) is 0 Å². The van der Waals surface area contributed by atoms with E-state index in [1.165, 1.54) is 6.07 Å². The summed E-state index contributed by atoms with van der Waals surface area (Å²) in [5.74, 6) is 0. The predicted molar refractivity (Wildman–Crippen MR) is 78.6 cm³/mol. The molecule has 2 aromatic rings. The number of aromatic nitrogens is 1. The predicted octanol–water partition coefficient (Wildman–Crippen LogP) is 4.62. The number of hydrogen-bond donors (Lipinski definition) is 1. The van der Waals surface area contributed by atoms with E-state index in [0.717, 1.165) is 16.7 Å². The minimum Gasteiger partial charge on any atom is -0.385 e. The van der Waals surface area contributed by atoms with Crippen LogP contribution in [-0.4, -0.2) is 15.8 Å². The van der Waals surface area contributed by atoms with Gasteiger partial charge in [-0.3, -0.25) is 0 Å². The fourth-order valence-electron chi connectivity index (χ4n) is 3.20. The first-order valence-corrected chi connectivity index (χ1v) is 7.61. The maximum absolute atomic E-state index is 13.7. The Kier molecular flexibility index (Phi) is 4.48. The van der Waals surface area contributed by atoms with Crippen molar-refractivity contribution in [3.63, 3.8) is 0 Å². The lowest BCUT2D eigenvalue weighted by atomic mass is 9.90. The molecule has 1 aliphatic carbocycles. The summed E-state index contributed by atoms with van der Waals surface area (Å²) in [6.07, 6.45) is -11.2. The summed E-state index contributed by atoms with van der Waals surface area (Å²) < 4.78 is 81.0. The molecule has 0 amide bonds. The minimum atomic E-state index is -4.84. The van der Waals surface area contributed by atoms with Gasteiger partial charge < -0.3 is 9.67 Å². The van der Waals surface area contributed by atoms with Crippen LogP contribution in [0.5, 0.6) is 0 Å². The van der Waals surface area contributed by atoms with Gasteiger partial charge in [-0.15, -0.1) is 0 Å². The summed E-state index contributed by atoms with van der Waals surface area (Å²) >= 11 is 0. The first-order chi connectivity index (χ1) is 12.1. The second-order valence-electron chi connectivity index (χ2n) is 5.95. The third kappa shape index (κ3) is 2.94. The van der Waals surface area contributed by atoms with Gasteiger partial charge in [0.15, 0.2) is 0 Å². The lowest BCUT2D eigenvalue weighted by Gasteiger charge is -2.25. The van der Waals surface area contributed by atoms with Crippen molar-refractivity contribution in [2.75, 3.05) is 0 Å². The molecule has 26 heavy (non-hydrogen) atoms. The fourth-order valence-corrected chi connectivity index (χ4v) is 3.20. The molecule has 2 atom stereocenters. The van der Waals surface area contributed by atoms with Gasteiger partial charge in [0.2, 0.25) is 0 Å². The van der Waals surface area contributed by atoms with E-state index in [1.54, 1.807) is 6.07 Å². The van der Waals surface area contributed by atoms with Gasteiger partial charge in [0.25, 0.3) is 6.43 Å². The zero-order valence-corrected chi connectivity index (χ0v) is 13.1. The van der Waals surface area contributed by atoms with Crippen LogP contribution in [-0.2, 0) is 12.6 Å². The summed E-state index contributed by atoms with van der Waals surface area (Å²) in [5.41, 5.74) is -2.67. The van der Waals surface area contributed by atoms with E-state index >= 15 is 0 Å². The summed E-state index contributed by atoms with van der Waals surface area (Å²) in [6, 6.07) is 4.86. The van der Waals surface area contributed by atoms with Crippen molar-refractivity contribution in [3.8, 4) is 11.8 Å². The van der Waals surface area contributed by atoms with Gasteiger partial charge in [-0.2, -0.15) is 18.4 Å². The molecule has 1 aromatic carbocycles. The Balaban J connectivity index is 2.23. The Morgan fingerprint density at radius 1 is 1.27 bits per heavy atom. The first-order valence-electron chi connectivity index (χ1n) is 7.61. The molecule has 3 rings (SSSR count). The monoisotopic (exact) mass is 374 g/mol.